The number of amides is 3. The molecular formula is C19H17FN2O5. The Hall–Kier alpha value is -3.42. The maximum Gasteiger partial charge on any atom is 0.264 e. The molecule has 0 spiro atoms. The van der Waals surface area contributed by atoms with Crippen molar-refractivity contribution in [1.82, 2.24) is 4.90 Å². The van der Waals surface area contributed by atoms with Crippen LogP contribution in [0.3, 0.4) is 0 Å². The first-order valence-corrected chi connectivity index (χ1v) is 8.13. The SMILES string of the molecule is COc1ccc(NC(=O)CCN2C(=O)c3cccc(F)c3C2=O)c(OC)c1. The monoisotopic (exact) mass is 372 g/mol. The van der Waals surface area contributed by atoms with Gasteiger partial charge in [0, 0.05) is 19.0 Å². The number of fused-ring (bicyclic) bond motifs is 1. The lowest BCUT2D eigenvalue weighted by Gasteiger charge is -2.15. The van der Waals surface area contributed by atoms with Gasteiger partial charge in [0.25, 0.3) is 11.8 Å². The number of carbonyl (C=O) groups excluding carboxylic acids is 3. The zero-order valence-electron chi connectivity index (χ0n) is 14.7. The summed E-state index contributed by atoms with van der Waals surface area (Å²) in [6.07, 6.45) is -0.137. The molecule has 0 saturated heterocycles. The Morgan fingerprint density at radius 2 is 1.89 bits per heavy atom. The van der Waals surface area contributed by atoms with E-state index in [2.05, 4.69) is 5.32 Å². The molecule has 1 heterocycles. The molecule has 0 bridgehead atoms. The number of rotatable bonds is 6. The molecule has 0 aromatic heterocycles. The minimum absolute atomic E-state index is 0.0113. The fraction of sp³-hybridized carbons (Fsp3) is 0.211. The normalized spacial score (nSPS) is 12.8. The van der Waals surface area contributed by atoms with Gasteiger partial charge in [0.2, 0.25) is 5.91 Å². The number of anilines is 1. The number of ether oxygens (including phenoxy) is 2. The quantitative estimate of drug-likeness (QED) is 0.788. The van der Waals surface area contributed by atoms with Crippen molar-refractivity contribution in [1.29, 1.82) is 0 Å². The van der Waals surface area contributed by atoms with Crippen LogP contribution in [0.15, 0.2) is 36.4 Å². The number of carbonyl (C=O) groups is 3. The van der Waals surface area contributed by atoms with Crippen LogP contribution in [-0.2, 0) is 4.79 Å². The second-order valence-corrected chi connectivity index (χ2v) is 5.79. The van der Waals surface area contributed by atoms with Gasteiger partial charge in [-0.05, 0) is 24.3 Å². The van der Waals surface area contributed by atoms with Gasteiger partial charge in [-0.1, -0.05) is 6.07 Å². The lowest BCUT2D eigenvalue weighted by molar-refractivity contribution is -0.116. The summed E-state index contributed by atoms with van der Waals surface area (Å²) in [5, 5.41) is 2.66. The molecule has 140 valence electrons. The second-order valence-electron chi connectivity index (χ2n) is 5.79. The van der Waals surface area contributed by atoms with E-state index in [1.807, 2.05) is 0 Å². The largest absolute Gasteiger partial charge is 0.497 e. The summed E-state index contributed by atoms with van der Waals surface area (Å²) in [5.74, 6) is -1.54. The number of hydrogen-bond donors (Lipinski definition) is 1. The highest BCUT2D eigenvalue weighted by molar-refractivity contribution is 6.21. The van der Waals surface area contributed by atoms with E-state index in [1.54, 1.807) is 18.2 Å². The number of hydrogen-bond acceptors (Lipinski definition) is 5. The van der Waals surface area contributed by atoms with E-state index in [9.17, 15) is 18.8 Å². The second kappa shape index (κ2) is 7.45. The molecule has 27 heavy (non-hydrogen) atoms. The average Bonchev–Trinajstić information content (AvgIpc) is 2.91. The van der Waals surface area contributed by atoms with E-state index in [1.165, 1.54) is 26.4 Å². The van der Waals surface area contributed by atoms with Crippen LogP contribution < -0.4 is 14.8 Å². The summed E-state index contributed by atoms with van der Waals surface area (Å²) >= 11 is 0. The van der Waals surface area contributed by atoms with Gasteiger partial charge < -0.3 is 14.8 Å². The zero-order valence-corrected chi connectivity index (χ0v) is 14.7. The van der Waals surface area contributed by atoms with Crippen LogP contribution in [0.1, 0.15) is 27.1 Å². The molecule has 2 aromatic rings. The van der Waals surface area contributed by atoms with Crippen molar-refractivity contribution in [2.24, 2.45) is 0 Å². The average molecular weight is 372 g/mol. The zero-order chi connectivity index (χ0) is 19.6. The van der Waals surface area contributed by atoms with Crippen LogP contribution in [-0.4, -0.2) is 43.4 Å². The minimum atomic E-state index is -0.749. The van der Waals surface area contributed by atoms with Crippen molar-refractivity contribution in [3.63, 3.8) is 0 Å². The summed E-state index contributed by atoms with van der Waals surface area (Å²) in [6, 6.07) is 8.77. The Labute approximate surface area is 154 Å². The molecule has 0 fully saturated rings. The van der Waals surface area contributed by atoms with Crippen molar-refractivity contribution in [2.45, 2.75) is 6.42 Å². The molecule has 1 aliphatic rings. The molecule has 2 aromatic carbocycles. The smallest absolute Gasteiger partial charge is 0.264 e. The van der Waals surface area contributed by atoms with Crippen LogP contribution >= 0.6 is 0 Å². The van der Waals surface area contributed by atoms with Gasteiger partial charge in [-0.15, -0.1) is 0 Å². The van der Waals surface area contributed by atoms with E-state index in [-0.39, 0.29) is 24.1 Å². The lowest BCUT2D eigenvalue weighted by atomic mass is 10.1. The molecule has 7 nitrogen and oxygen atoms in total. The van der Waals surface area contributed by atoms with E-state index in [4.69, 9.17) is 9.47 Å². The Morgan fingerprint density at radius 3 is 2.56 bits per heavy atom. The third-order valence-electron chi connectivity index (χ3n) is 4.19. The number of halogens is 1. The maximum atomic E-state index is 13.8. The van der Waals surface area contributed by atoms with Crippen molar-refractivity contribution in [2.75, 3.05) is 26.1 Å². The van der Waals surface area contributed by atoms with E-state index >= 15 is 0 Å². The Bertz CT molecular complexity index is 928. The Balaban J connectivity index is 1.66. The molecule has 3 rings (SSSR count). The molecule has 8 heteroatoms. The van der Waals surface area contributed by atoms with Crippen LogP contribution in [0.4, 0.5) is 10.1 Å². The molecule has 1 aliphatic heterocycles. The topological polar surface area (TPSA) is 84.9 Å². The summed E-state index contributed by atoms with van der Waals surface area (Å²) < 4.78 is 24.1. The predicted octanol–water partition coefficient (Wildman–Crippen LogP) is 2.47. The number of imide groups is 1. The number of methoxy groups -OCH3 is 2. The predicted molar refractivity (Wildman–Crippen MR) is 94.6 cm³/mol. The van der Waals surface area contributed by atoms with Crippen molar-refractivity contribution in [3.05, 3.63) is 53.3 Å². The first-order valence-electron chi connectivity index (χ1n) is 8.13. The van der Waals surface area contributed by atoms with Gasteiger partial charge in [0.1, 0.15) is 17.3 Å². The van der Waals surface area contributed by atoms with Gasteiger partial charge in [-0.25, -0.2) is 4.39 Å². The van der Waals surface area contributed by atoms with Gasteiger partial charge >= 0.3 is 0 Å². The van der Waals surface area contributed by atoms with Crippen LogP contribution in [0.5, 0.6) is 11.5 Å². The van der Waals surface area contributed by atoms with Crippen LogP contribution in [0.25, 0.3) is 0 Å². The molecule has 0 unspecified atom stereocenters. The first-order chi connectivity index (χ1) is 13.0. The van der Waals surface area contributed by atoms with Crippen molar-refractivity contribution in [3.8, 4) is 11.5 Å². The standard InChI is InChI=1S/C19H17FN2O5/c1-26-11-6-7-14(15(10-11)27-2)21-16(23)8-9-22-18(24)12-4-3-5-13(20)17(12)19(22)25/h3-7,10H,8-9H2,1-2H3,(H,21,23). The number of nitrogens with one attached hydrogen (secondary N) is 1. The highest BCUT2D eigenvalue weighted by Crippen LogP contribution is 2.29. The third-order valence-corrected chi connectivity index (χ3v) is 4.19. The van der Waals surface area contributed by atoms with Crippen molar-refractivity contribution < 1.29 is 28.2 Å². The summed E-state index contributed by atoms with van der Waals surface area (Å²) in [6.45, 7) is -0.157. The molecule has 0 saturated carbocycles. The summed E-state index contributed by atoms with van der Waals surface area (Å²) in [4.78, 5) is 37.6. The van der Waals surface area contributed by atoms with Crippen LogP contribution in [0, 0.1) is 5.82 Å². The van der Waals surface area contributed by atoms with E-state index in [0.717, 1.165) is 11.0 Å². The molecule has 1 N–H and O–H groups in total. The molecular weight excluding hydrogens is 355 g/mol. The van der Waals surface area contributed by atoms with E-state index < -0.39 is 23.5 Å². The highest BCUT2D eigenvalue weighted by Gasteiger charge is 2.37. The van der Waals surface area contributed by atoms with Crippen molar-refractivity contribution >= 4 is 23.4 Å². The summed E-state index contributed by atoms with van der Waals surface area (Å²) in [7, 11) is 2.97. The van der Waals surface area contributed by atoms with E-state index in [0.29, 0.717) is 17.2 Å². The number of benzene rings is 2. The van der Waals surface area contributed by atoms with Gasteiger partial charge in [0.15, 0.2) is 0 Å². The van der Waals surface area contributed by atoms with Gasteiger partial charge in [-0.2, -0.15) is 0 Å². The molecule has 0 atom stereocenters. The molecule has 0 radical (unpaired) electrons. The maximum absolute atomic E-state index is 13.8. The highest BCUT2D eigenvalue weighted by atomic mass is 19.1. The lowest BCUT2D eigenvalue weighted by Crippen LogP contribution is -2.33. The molecule has 3 amide bonds. The fourth-order valence-corrected chi connectivity index (χ4v) is 2.82. The first kappa shape index (κ1) is 18.4. The van der Waals surface area contributed by atoms with Gasteiger partial charge in [-0.3, -0.25) is 19.3 Å². The fourth-order valence-electron chi connectivity index (χ4n) is 2.82. The minimum Gasteiger partial charge on any atom is -0.497 e. The number of nitrogens with zero attached hydrogens (tertiary/aromatic N) is 1. The van der Waals surface area contributed by atoms with Gasteiger partial charge in [0.05, 0.1) is 31.0 Å². The summed E-state index contributed by atoms with van der Waals surface area (Å²) in [5.41, 5.74) is 0.189. The van der Waals surface area contributed by atoms with Crippen LogP contribution in [0.2, 0.25) is 0 Å². The Kier molecular flexibility index (Phi) is 5.07. The molecule has 0 aliphatic carbocycles. The third kappa shape index (κ3) is 3.46. The Morgan fingerprint density at radius 1 is 1.11 bits per heavy atom.